The zero-order valence-electron chi connectivity index (χ0n) is 10.9. The molecule has 0 aromatic rings. The molecule has 0 spiro atoms. The highest BCUT2D eigenvalue weighted by atomic mass is 16.2. The van der Waals surface area contributed by atoms with Gasteiger partial charge in [-0.05, 0) is 32.2 Å². The molecule has 2 unspecified atom stereocenters. The Kier molecular flexibility index (Phi) is 3.13. The van der Waals surface area contributed by atoms with E-state index in [1.54, 1.807) is 0 Å². The molecule has 2 fully saturated rings. The van der Waals surface area contributed by atoms with Gasteiger partial charge in [-0.25, -0.2) is 0 Å². The van der Waals surface area contributed by atoms with E-state index in [9.17, 15) is 10.1 Å². The van der Waals surface area contributed by atoms with E-state index in [0.29, 0.717) is 5.92 Å². The van der Waals surface area contributed by atoms with Gasteiger partial charge in [0.2, 0.25) is 5.91 Å². The number of nitriles is 1. The van der Waals surface area contributed by atoms with E-state index in [2.05, 4.69) is 24.9 Å². The Morgan fingerprint density at radius 2 is 2.12 bits per heavy atom. The highest BCUT2D eigenvalue weighted by molar-refractivity contribution is 5.86. The third-order valence-corrected chi connectivity index (χ3v) is 4.40. The predicted molar refractivity (Wildman–Crippen MR) is 65.1 cm³/mol. The Morgan fingerprint density at radius 3 is 2.47 bits per heavy atom. The molecule has 94 valence electrons. The average Bonchev–Trinajstić information content (AvgIpc) is 2.56. The summed E-state index contributed by atoms with van der Waals surface area (Å²) >= 11 is 0. The second-order valence-corrected chi connectivity index (χ2v) is 5.73. The molecule has 0 N–H and O–H groups in total. The summed E-state index contributed by atoms with van der Waals surface area (Å²) in [5, 5.41) is 9.21. The SMILES string of the molecule is CC1CN(C)CC1N(C)C(=O)C1(C#N)CCC1. The Morgan fingerprint density at radius 1 is 1.47 bits per heavy atom. The number of rotatable bonds is 2. The molecule has 1 saturated carbocycles. The van der Waals surface area contributed by atoms with Crippen LogP contribution in [0.25, 0.3) is 0 Å². The van der Waals surface area contributed by atoms with Crippen LogP contribution in [0.2, 0.25) is 0 Å². The molecular weight excluding hydrogens is 214 g/mol. The van der Waals surface area contributed by atoms with E-state index in [-0.39, 0.29) is 11.9 Å². The summed E-state index contributed by atoms with van der Waals surface area (Å²) in [6, 6.07) is 2.50. The van der Waals surface area contributed by atoms with Gasteiger partial charge >= 0.3 is 0 Å². The first-order valence-corrected chi connectivity index (χ1v) is 6.37. The highest BCUT2D eigenvalue weighted by Crippen LogP contribution is 2.42. The van der Waals surface area contributed by atoms with Crippen molar-refractivity contribution in [3.8, 4) is 6.07 Å². The van der Waals surface area contributed by atoms with Crippen molar-refractivity contribution in [2.75, 3.05) is 27.2 Å². The number of carbonyl (C=O) groups is 1. The fraction of sp³-hybridized carbons (Fsp3) is 0.846. The standard InChI is InChI=1S/C13H21N3O/c1-10-7-15(2)8-11(10)16(3)12(17)13(9-14)5-4-6-13/h10-11H,4-8H2,1-3H3. The summed E-state index contributed by atoms with van der Waals surface area (Å²) in [6.07, 6.45) is 2.49. The molecule has 0 bridgehead atoms. The summed E-state index contributed by atoms with van der Waals surface area (Å²) in [7, 11) is 3.94. The highest BCUT2D eigenvalue weighted by Gasteiger charge is 2.48. The summed E-state index contributed by atoms with van der Waals surface area (Å²) in [5.74, 6) is 0.531. The Balaban J connectivity index is 2.08. The van der Waals surface area contributed by atoms with Crippen molar-refractivity contribution in [1.29, 1.82) is 5.26 Å². The number of hydrogen-bond acceptors (Lipinski definition) is 3. The minimum Gasteiger partial charge on any atom is -0.340 e. The molecule has 4 heteroatoms. The lowest BCUT2D eigenvalue weighted by Gasteiger charge is -2.39. The molecule has 0 aromatic carbocycles. The summed E-state index contributed by atoms with van der Waals surface area (Å²) in [4.78, 5) is 16.5. The molecule has 2 atom stereocenters. The number of carbonyl (C=O) groups excluding carboxylic acids is 1. The first kappa shape index (κ1) is 12.4. The van der Waals surface area contributed by atoms with Gasteiger partial charge in [0.05, 0.1) is 6.07 Å². The summed E-state index contributed by atoms with van der Waals surface area (Å²) < 4.78 is 0. The van der Waals surface area contributed by atoms with Gasteiger partial charge in [-0.3, -0.25) is 4.79 Å². The molecule has 1 saturated heterocycles. The normalized spacial score (nSPS) is 31.6. The van der Waals surface area contributed by atoms with Gasteiger partial charge in [-0.1, -0.05) is 6.92 Å². The van der Waals surface area contributed by atoms with Crippen molar-refractivity contribution < 1.29 is 4.79 Å². The van der Waals surface area contributed by atoms with Gasteiger partial charge in [-0.15, -0.1) is 0 Å². The molecule has 4 nitrogen and oxygen atoms in total. The van der Waals surface area contributed by atoms with E-state index < -0.39 is 5.41 Å². The molecule has 1 aliphatic heterocycles. The van der Waals surface area contributed by atoms with Crippen molar-refractivity contribution in [3.63, 3.8) is 0 Å². The molecule has 0 radical (unpaired) electrons. The maximum atomic E-state index is 12.4. The van der Waals surface area contributed by atoms with Crippen molar-refractivity contribution in [2.24, 2.45) is 11.3 Å². The van der Waals surface area contributed by atoms with E-state index in [0.717, 1.165) is 32.4 Å². The predicted octanol–water partition coefficient (Wildman–Crippen LogP) is 1.09. The molecule has 17 heavy (non-hydrogen) atoms. The summed E-state index contributed by atoms with van der Waals surface area (Å²) in [6.45, 7) is 4.13. The Hall–Kier alpha value is -1.08. The lowest BCUT2D eigenvalue weighted by molar-refractivity contribution is -0.144. The van der Waals surface area contributed by atoms with Crippen molar-refractivity contribution in [2.45, 2.75) is 32.2 Å². The first-order chi connectivity index (χ1) is 8.00. The van der Waals surface area contributed by atoms with E-state index in [1.165, 1.54) is 0 Å². The molecular formula is C13H21N3O. The van der Waals surface area contributed by atoms with Crippen LogP contribution >= 0.6 is 0 Å². The third-order valence-electron chi connectivity index (χ3n) is 4.40. The smallest absolute Gasteiger partial charge is 0.243 e. The number of nitrogens with zero attached hydrogens (tertiary/aromatic N) is 3. The fourth-order valence-corrected chi connectivity index (χ4v) is 3.08. The molecule has 2 aliphatic rings. The number of amides is 1. The maximum Gasteiger partial charge on any atom is 0.243 e. The first-order valence-electron chi connectivity index (χ1n) is 6.37. The fourth-order valence-electron chi connectivity index (χ4n) is 3.08. The quantitative estimate of drug-likeness (QED) is 0.720. The van der Waals surface area contributed by atoms with Crippen molar-refractivity contribution >= 4 is 5.91 Å². The number of likely N-dealkylation sites (tertiary alicyclic amines) is 1. The van der Waals surface area contributed by atoms with Gasteiger partial charge in [0.1, 0.15) is 5.41 Å². The summed E-state index contributed by atoms with van der Waals surface area (Å²) in [5.41, 5.74) is -0.699. The topological polar surface area (TPSA) is 47.3 Å². The van der Waals surface area contributed by atoms with Crippen LogP contribution in [0.4, 0.5) is 0 Å². The van der Waals surface area contributed by atoms with Crippen molar-refractivity contribution in [3.05, 3.63) is 0 Å². The largest absolute Gasteiger partial charge is 0.340 e. The van der Waals surface area contributed by atoms with Crippen LogP contribution in [-0.2, 0) is 4.79 Å². The Labute approximate surface area is 103 Å². The second kappa shape index (κ2) is 4.30. The van der Waals surface area contributed by atoms with Gasteiger partial charge in [0.25, 0.3) is 0 Å². The van der Waals surface area contributed by atoms with Gasteiger partial charge < -0.3 is 9.80 Å². The number of hydrogen-bond donors (Lipinski definition) is 0. The second-order valence-electron chi connectivity index (χ2n) is 5.73. The monoisotopic (exact) mass is 235 g/mol. The zero-order chi connectivity index (χ0) is 12.6. The third kappa shape index (κ3) is 1.93. The Bertz CT molecular complexity index is 356. The van der Waals surface area contributed by atoms with Crippen LogP contribution in [-0.4, -0.2) is 48.9 Å². The zero-order valence-corrected chi connectivity index (χ0v) is 10.9. The van der Waals surface area contributed by atoms with Crippen LogP contribution in [0.1, 0.15) is 26.2 Å². The lowest BCUT2D eigenvalue weighted by atomic mass is 9.69. The van der Waals surface area contributed by atoms with Crippen LogP contribution < -0.4 is 0 Å². The molecule has 0 aromatic heterocycles. The van der Waals surface area contributed by atoms with E-state index >= 15 is 0 Å². The maximum absolute atomic E-state index is 12.4. The number of likely N-dealkylation sites (N-methyl/N-ethyl adjacent to an activating group) is 2. The minimum absolute atomic E-state index is 0.0402. The van der Waals surface area contributed by atoms with Crippen LogP contribution in [0.3, 0.4) is 0 Å². The molecule has 1 aliphatic carbocycles. The molecule has 2 rings (SSSR count). The van der Waals surface area contributed by atoms with Gasteiger partial charge in [0, 0.05) is 26.2 Å². The molecule has 1 amide bonds. The minimum atomic E-state index is -0.699. The van der Waals surface area contributed by atoms with Crippen LogP contribution in [0.15, 0.2) is 0 Å². The van der Waals surface area contributed by atoms with Gasteiger partial charge in [0.15, 0.2) is 0 Å². The van der Waals surface area contributed by atoms with Crippen molar-refractivity contribution in [1.82, 2.24) is 9.80 Å². The average molecular weight is 235 g/mol. The lowest BCUT2D eigenvalue weighted by Crippen LogP contribution is -2.51. The molecule has 1 heterocycles. The van der Waals surface area contributed by atoms with Gasteiger partial charge in [-0.2, -0.15) is 5.26 Å². The van der Waals surface area contributed by atoms with E-state index in [4.69, 9.17) is 0 Å². The van der Waals surface area contributed by atoms with Crippen LogP contribution in [0.5, 0.6) is 0 Å². The van der Waals surface area contributed by atoms with E-state index in [1.807, 2.05) is 11.9 Å². The van der Waals surface area contributed by atoms with Crippen LogP contribution in [0, 0.1) is 22.7 Å².